The molecule has 6 nitrogen and oxygen atoms in total. The number of nitrogens with one attached hydrogen (secondary N) is 1. The van der Waals surface area contributed by atoms with Gasteiger partial charge in [-0.3, -0.25) is 9.10 Å². The molecule has 1 aliphatic heterocycles. The van der Waals surface area contributed by atoms with Crippen molar-refractivity contribution in [2.45, 2.75) is 37.1 Å². The number of benzene rings is 3. The van der Waals surface area contributed by atoms with Crippen LogP contribution < -0.4 is 14.4 Å². The van der Waals surface area contributed by atoms with Crippen LogP contribution >= 0.6 is 11.6 Å². The minimum Gasteiger partial charge on any atom is -0.489 e. The van der Waals surface area contributed by atoms with Crippen LogP contribution in [0.3, 0.4) is 0 Å². The van der Waals surface area contributed by atoms with Crippen molar-refractivity contribution in [2.75, 3.05) is 10.8 Å². The first-order valence-electron chi connectivity index (χ1n) is 11.0. The van der Waals surface area contributed by atoms with Gasteiger partial charge >= 0.3 is 6.18 Å². The lowest BCUT2D eigenvalue weighted by molar-refractivity contribution is -0.137. The van der Waals surface area contributed by atoms with Crippen LogP contribution in [0.5, 0.6) is 5.75 Å². The summed E-state index contributed by atoms with van der Waals surface area (Å²) in [5.41, 5.74) is -0.294. The van der Waals surface area contributed by atoms with Crippen molar-refractivity contribution in [2.24, 2.45) is 0 Å². The second-order valence-corrected chi connectivity index (χ2v) is 10.7. The third-order valence-electron chi connectivity index (χ3n) is 5.78. The highest BCUT2D eigenvalue weighted by atomic mass is 35.5. The SMILES string of the molecule is CC(=O)N[C@@H]1Cc2ccc(OCc3c(F)cccc3Cl)cc2N(S(=O)(=O)c2cccc(C(F)(F)F)c2)C1. The highest BCUT2D eigenvalue weighted by molar-refractivity contribution is 7.92. The van der Waals surface area contributed by atoms with Gasteiger partial charge in [0.15, 0.2) is 0 Å². The molecule has 1 atom stereocenters. The molecule has 0 aromatic heterocycles. The largest absolute Gasteiger partial charge is 0.489 e. The van der Waals surface area contributed by atoms with Gasteiger partial charge in [0.1, 0.15) is 18.2 Å². The van der Waals surface area contributed by atoms with Crippen LogP contribution in [0.4, 0.5) is 23.2 Å². The van der Waals surface area contributed by atoms with E-state index >= 15 is 0 Å². The molecule has 37 heavy (non-hydrogen) atoms. The maximum absolute atomic E-state index is 14.1. The maximum Gasteiger partial charge on any atom is 0.416 e. The minimum absolute atomic E-state index is 0.112. The number of carbonyl (C=O) groups excluding carboxylic acids is 1. The molecule has 0 aliphatic carbocycles. The molecule has 196 valence electrons. The summed E-state index contributed by atoms with van der Waals surface area (Å²) in [6.07, 6.45) is -4.46. The molecule has 3 aromatic rings. The summed E-state index contributed by atoms with van der Waals surface area (Å²) in [5, 5.41) is 2.83. The van der Waals surface area contributed by atoms with E-state index in [-0.39, 0.29) is 47.5 Å². The summed E-state index contributed by atoms with van der Waals surface area (Å²) < 4.78 is 87.7. The molecule has 0 unspecified atom stereocenters. The van der Waals surface area contributed by atoms with E-state index in [1.807, 2.05) is 0 Å². The number of carbonyl (C=O) groups is 1. The predicted octanol–water partition coefficient (Wildman–Crippen LogP) is 5.33. The summed E-state index contributed by atoms with van der Waals surface area (Å²) >= 11 is 6.04. The molecule has 1 heterocycles. The lowest BCUT2D eigenvalue weighted by Crippen LogP contribution is -2.49. The minimum atomic E-state index is -4.74. The number of nitrogens with zero attached hydrogens (tertiary/aromatic N) is 1. The van der Waals surface area contributed by atoms with Crippen molar-refractivity contribution in [1.29, 1.82) is 0 Å². The Morgan fingerprint density at radius 3 is 2.54 bits per heavy atom. The van der Waals surface area contributed by atoms with Crippen LogP contribution in [0, 0.1) is 5.82 Å². The zero-order chi connectivity index (χ0) is 27.0. The Kier molecular flexibility index (Phi) is 7.38. The van der Waals surface area contributed by atoms with Crippen molar-refractivity contribution < 1.29 is 35.5 Å². The number of halogens is 5. The van der Waals surface area contributed by atoms with Crippen LogP contribution in [-0.4, -0.2) is 26.9 Å². The van der Waals surface area contributed by atoms with Crippen LogP contribution in [0.2, 0.25) is 5.02 Å². The molecule has 12 heteroatoms. The number of rotatable bonds is 6. The molecular formula is C25H21ClF4N2O4S. The Labute approximate surface area is 215 Å². The van der Waals surface area contributed by atoms with Gasteiger partial charge in [0, 0.05) is 18.6 Å². The fourth-order valence-electron chi connectivity index (χ4n) is 4.06. The molecule has 0 fully saturated rings. The predicted molar refractivity (Wildman–Crippen MR) is 129 cm³/mol. The number of fused-ring (bicyclic) bond motifs is 1. The average Bonchev–Trinajstić information content (AvgIpc) is 2.82. The molecule has 3 aromatic carbocycles. The van der Waals surface area contributed by atoms with Gasteiger partial charge in [-0.1, -0.05) is 29.8 Å². The summed E-state index contributed by atoms with van der Waals surface area (Å²) in [6.45, 7) is 0.832. The second kappa shape index (κ2) is 10.2. The van der Waals surface area contributed by atoms with Gasteiger partial charge in [-0.2, -0.15) is 13.2 Å². The Morgan fingerprint density at radius 1 is 1.14 bits per heavy atom. The topological polar surface area (TPSA) is 75.7 Å². The lowest BCUT2D eigenvalue weighted by atomic mass is 9.99. The zero-order valence-electron chi connectivity index (χ0n) is 19.4. The van der Waals surface area contributed by atoms with E-state index in [1.54, 1.807) is 12.1 Å². The molecule has 0 spiro atoms. The van der Waals surface area contributed by atoms with Gasteiger partial charge in [-0.15, -0.1) is 0 Å². The van der Waals surface area contributed by atoms with Crippen molar-refractivity contribution in [3.8, 4) is 5.75 Å². The molecule has 1 aliphatic rings. The smallest absolute Gasteiger partial charge is 0.416 e. The number of hydrogen-bond donors (Lipinski definition) is 1. The molecule has 0 radical (unpaired) electrons. The average molecular weight is 557 g/mol. The van der Waals surface area contributed by atoms with E-state index in [9.17, 15) is 30.8 Å². The number of amides is 1. The highest BCUT2D eigenvalue weighted by Crippen LogP contribution is 2.37. The normalized spacial score (nSPS) is 15.7. The number of alkyl halides is 3. The van der Waals surface area contributed by atoms with Crippen molar-refractivity contribution in [3.05, 3.63) is 88.2 Å². The third kappa shape index (κ3) is 5.83. The van der Waals surface area contributed by atoms with Crippen LogP contribution in [0.1, 0.15) is 23.6 Å². The van der Waals surface area contributed by atoms with Gasteiger partial charge < -0.3 is 10.1 Å². The van der Waals surface area contributed by atoms with Gasteiger partial charge in [0.25, 0.3) is 10.0 Å². The van der Waals surface area contributed by atoms with Crippen molar-refractivity contribution in [3.63, 3.8) is 0 Å². The van der Waals surface area contributed by atoms with E-state index in [1.165, 1.54) is 31.2 Å². The lowest BCUT2D eigenvalue weighted by Gasteiger charge is -2.35. The van der Waals surface area contributed by atoms with Crippen molar-refractivity contribution >= 4 is 33.2 Å². The Morgan fingerprint density at radius 2 is 1.86 bits per heavy atom. The molecule has 4 rings (SSSR count). The first-order valence-corrected chi connectivity index (χ1v) is 12.8. The molecule has 1 N–H and O–H groups in total. The molecule has 0 bridgehead atoms. The first-order chi connectivity index (χ1) is 17.4. The molecule has 1 amide bonds. The van der Waals surface area contributed by atoms with E-state index in [2.05, 4.69) is 5.32 Å². The number of anilines is 1. The molecular weight excluding hydrogens is 536 g/mol. The Hall–Kier alpha value is -3.31. The summed E-state index contributed by atoms with van der Waals surface area (Å²) in [7, 11) is -4.48. The number of hydrogen-bond acceptors (Lipinski definition) is 4. The summed E-state index contributed by atoms with van der Waals surface area (Å²) in [5.74, 6) is -0.760. The standard InChI is InChI=1S/C25H21ClF4N2O4S/c1-15(33)31-18-10-16-8-9-19(36-14-21-22(26)6-3-7-23(21)27)12-24(16)32(13-18)37(34,35)20-5-2-4-17(11-20)25(28,29)30/h2-9,11-12,18H,10,13-14H2,1H3,(H,31,33)/t18-/m1/s1. The van der Waals surface area contributed by atoms with Crippen LogP contribution in [0.25, 0.3) is 0 Å². The van der Waals surface area contributed by atoms with Crippen molar-refractivity contribution in [1.82, 2.24) is 5.32 Å². The van der Waals surface area contributed by atoms with Gasteiger partial charge in [-0.25, -0.2) is 12.8 Å². The second-order valence-electron chi connectivity index (χ2n) is 8.44. The third-order valence-corrected chi connectivity index (χ3v) is 7.91. The molecule has 0 saturated heterocycles. The first kappa shape index (κ1) is 26.7. The quantitative estimate of drug-likeness (QED) is 0.416. The number of ether oxygens (including phenoxy) is 1. The fourth-order valence-corrected chi connectivity index (χ4v) is 5.87. The maximum atomic E-state index is 14.1. The van der Waals surface area contributed by atoms with E-state index in [0.717, 1.165) is 22.5 Å². The fraction of sp³-hybridized carbons (Fsp3) is 0.240. The van der Waals surface area contributed by atoms with E-state index in [4.69, 9.17) is 16.3 Å². The van der Waals surface area contributed by atoms with E-state index < -0.39 is 38.5 Å². The highest BCUT2D eigenvalue weighted by Gasteiger charge is 2.36. The Bertz CT molecular complexity index is 1430. The van der Waals surface area contributed by atoms with Gasteiger partial charge in [0.05, 0.1) is 33.8 Å². The Balaban J connectivity index is 1.72. The van der Waals surface area contributed by atoms with Gasteiger partial charge in [-0.05, 0) is 48.4 Å². The number of sulfonamides is 1. The monoisotopic (exact) mass is 556 g/mol. The van der Waals surface area contributed by atoms with E-state index in [0.29, 0.717) is 11.6 Å². The van der Waals surface area contributed by atoms with Crippen LogP contribution in [0.15, 0.2) is 65.6 Å². The van der Waals surface area contributed by atoms with Gasteiger partial charge in [0.2, 0.25) is 5.91 Å². The van der Waals surface area contributed by atoms with Crippen LogP contribution in [-0.2, 0) is 34.0 Å². The summed E-state index contributed by atoms with van der Waals surface area (Å²) in [6, 6.07) is 11.6. The zero-order valence-corrected chi connectivity index (χ0v) is 20.9. The summed E-state index contributed by atoms with van der Waals surface area (Å²) in [4.78, 5) is 11.1. The molecule has 0 saturated carbocycles.